The summed E-state index contributed by atoms with van der Waals surface area (Å²) in [6, 6.07) is 3.43. The van der Waals surface area contributed by atoms with Crippen LogP contribution in [0.25, 0.3) is 0 Å². The zero-order valence-electron chi connectivity index (χ0n) is 10.2. The zero-order chi connectivity index (χ0) is 13.0. The molecule has 0 atom stereocenters. The van der Waals surface area contributed by atoms with Crippen molar-refractivity contribution >= 4 is 11.3 Å². The van der Waals surface area contributed by atoms with Gasteiger partial charge in [-0.3, -0.25) is 0 Å². The number of thiazole rings is 1. The van der Waals surface area contributed by atoms with Crippen LogP contribution in [-0.2, 0) is 0 Å². The van der Waals surface area contributed by atoms with E-state index < -0.39 is 0 Å². The van der Waals surface area contributed by atoms with Crippen molar-refractivity contribution in [3.63, 3.8) is 0 Å². The summed E-state index contributed by atoms with van der Waals surface area (Å²) in [5.74, 6) is 2.46. The second-order valence-corrected chi connectivity index (χ2v) is 3.87. The van der Waals surface area contributed by atoms with E-state index in [9.17, 15) is 0 Å². The Hall–Kier alpha value is -1.95. The molecule has 0 spiro atoms. The maximum Gasteiger partial charge on any atom is 0.239 e. The standard InChI is InChI=1S/C12H12NO4S/c1-14-8-4-9(15-2)12(10(5-8)16-3)17-11-6-18-7-13-11/h4-5,7H,1-3H3. The first-order valence-electron chi connectivity index (χ1n) is 5.07. The molecule has 0 N–H and O–H groups in total. The fourth-order valence-corrected chi connectivity index (χ4v) is 1.79. The van der Waals surface area contributed by atoms with Gasteiger partial charge in [-0.05, 0) is 0 Å². The van der Waals surface area contributed by atoms with E-state index in [0.717, 1.165) is 0 Å². The van der Waals surface area contributed by atoms with Gasteiger partial charge in [-0.25, -0.2) is 4.98 Å². The fraction of sp³-hybridized carbons (Fsp3) is 0.250. The average Bonchev–Trinajstić information content (AvgIpc) is 2.91. The van der Waals surface area contributed by atoms with Crippen LogP contribution in [-0.4, -0.2) is 26.3 Å². The van der Waals surface area contributed by atoms with E-state index in [1.165, 1.54) is 11.3 Å². The Bertz CT molecular complexity index is 488. The minimum atomic E-state index is 0.377. The molecule has 6 heteroatoms. The molecule has 0 aliphatic rings. The maximum atomic E-state index is 5.60. The highest BCUT2D eigenvalue weighted by atomic mass is 32.1. The van der Waals surface area contributed by atoms with E-state index in [1.807, 2.05) is 0 Å². The highest BCUT2D eigenvalue weighted by molar-refractivity contribution is 7.07. The molecule has 0 aliphatic carbocycles. The molecule has 2 rings (SSSR count). The largest absolute Gasteiger partial charge is 0.496 e. The van der Waals surface area contributed by atoms with E-state index in [0.29, 0.717) is 28.9 Å². The highest BCUT2D eigenvalue weighted by Crippen LogP contribution is 2.43. The van der Waals surface area contributed by atoms with Crippen molar-refractivity contribution in [2.24, 2.45) is 0 Å². The van der Waals surface area contributed by atoms with Gasteiger partial charge in [0.1, 0.15) is 11.1 Å². The van der Waals surface area contributed by atoms with Crippen LogP contribution >= 0.6 is 11.3 Å². The van der Waals surface area contributed by atoms with Gasteiger partial charge in [0.25, 0.3) is 0 Å². The van der Waals surface area contributed by atoms with Gasteiger partial charge in [-0.1, -0.05) is 0 Å². The van der Waals surface area contributed by atoms with Crippen LogP contribution in [0.15, 0.2) is 17.6 Å². The summed E-state index contributed by atoms with van der Waals surface area (Å²) in [4.78, 5) is 4.00. The van der Waals surface area contributed by atoms with Crippen LogP contribution in [0.4, 0.5) is 0 Å². The monoisotopic (exact) mass is 266 g/mol. The van der Waals surface area contributed by atoms with Crippen molar-refractivity contribution in [3.8, 4) is 28.9 Å². The lowest BCUT2D eigenvalue weighted by Gasteiger charge is -2.14. The lowest BCUT2D eigenvalue weighted by atomic mass is 10.2. The third-order valence-corrected chi connectivity index (χ3v) is 2.74. The summed E-state index contributed by atoms with van der Waals surface area (Å²) in [6.07, 6.45) is 0. The first-order valence-corrected chi connectivity index (χ1v) is 5.95. The summed E-state index contributed by atoms with van der Waals surface area (Å²) in [7, 11) is 4.67. The van der Waals surface area contributed by atoms with Crippen LogP contribution in [0.1, 0.15) is 0 Å². The van der Waals surface area contributed by atoms with Crippen molar-refractivity contribution in [1.29, 1.82) is 0 Å². The van der Waals surface area contributed by atoms with E-state index >= 15 is 0 Å². The van der Waals surface area contributed by atoms with Gasteiger partial charge in [0.2, 0.25) is 11.6 Å². The molecule has 1 radical (unpaired) electrons. The van der Waals surface area contributed by atoms with Gasteiger partial charge < -0.3 is 18.9 Å². The molecule has 0 bridgehead atoms. The second kappa shape index (κ2) is 5.59. The summed E-state index contributed by atoms with van der Waals surface area (Å²) in [6.45, 7) is 0. The van der Waals surface area contributed by atoms with Crippen molar-refractivity contribution in [1.82, 2.24) is 4.98 Å². The van der Waals surface area contributed by atoms with Crippen LogP contribution in [0.5, 0.6) is 28.9 Å². The van der Waals surface area contributed by atoms with E-state index in [4.69, 9.17) is 18.9 Å². The van der Waals surface area contributed by atoms with Gasteiger partial charge in [0.15, 0.2) is 11.5 Å². The molecule has 0 fully saturated rings. The SMILES string of the molecule is COc1cc(OC)c(Oc2[c]scn2)c(OC)c1. The van der Waals surface area contributed by atoms with Gasteiger partial charge >= 0.3 is 0 Å². The molecule has 0 saturated heterocycles. The lowest BCUT2D eigenvalue weighted by molar-refractivity contribution is 0.334. The molecule has 5 nitrogen and oxygen atoms in total. The van der Waals surface area contributed by atoms with Crippen molar-refractivity contribution in [2.75, 3.05) is 21.3 Å². The molecule has 1 heterocycles. The quantitative estimate of drug-likeness (QED) is 0.832. The number of nitrogens with zero attached hydrogens (tertiary/aromatic N) is 1. The summed E-state index contributed by atoms with van der Waals surface area (Å²) in [5.41, 5.74) is 1.64. The third kappa shape index (κ3) is 2.48. The van der Waals surface area contributed by atoms with Gasteiger partial charge in [0, 0.05) is 12.1 Å². The van der Waals surface area contributed by atoms with Crippen molar-refractivity contribution in [2.45, 2.75) is 0 Å². The first kappa shape index (κ1) is 12.5. The number of hydrogen-bond acceptors (Lipinski definition) is 6. The number of rotatable bonds is 5. The summed E-state index contributed by atoms with van der Waals surface area (Å²) >= 11 is 1.33. The Labute approximate surface area is 109 Å². The Morgan fingerprint density at radius 2 is 1.72 bits per heavy atom. The normalized spacial score (nSPS) is 9.94. The van der Waals surface area contributed by atoms with Crippen LogP contribution in [0.3, 0.4) is 0 Å². The van der Waals surface area contributed by atoms with Gasteiger partial charge in [0.05, 0.1) is 26.8 Å². The fourth-order valence-electron chi connectivity index (χ4n) is 1.40. The summed E-state index contributed by atoms with van der Waals surface area (Å²) in [5, 5.41) is 2.88. The Balaban J connectivity index is 2.43. The molecule has 0 aliphatic heterocycles. The van der Waals surface area contributed by atoms with Crippen LogP contribution < -0.4 is 18.9 Å². The smallest absolute Gasteiger partial charge is 0.239 e. The minimum absolute atomic E-state index is 0.377. The number of methoxy groups -OCH3 is 3. The number of ether oxygens (including phenoxy) is 4. The predicted octanol–water partition coefficient (Wildman–Crippen LogP) is 2.76. The predicted molar refractivity (Wildman–Crippen MR) is 67.1 cm³/mol. The Morgan fingerprint density at radius 1 is 1.06 bits per heavy atom. The number of hydrogen-bond donors (Lipinski definition) is 0. The molecular formula is C12H12NO4S. The molecule has 0 amide bonds. The first-order chi connectivity index (χ1) is 8.78. The van der Waals surface area contributed by atoms with Gasteiger partial charge in [-0.2, -0.15) is 0 Å². The average molecular weight is 266 g/mol. The number of benzene rings is 1. The van der Waals surface area contributed by atoms with Crippen molar-refractivity contribution in [3.05, 3.63) is 23.0 Å². The topological polar surface area (TPSA) is 49.8 Å². The molecule has 2 aromatic rings. The zero-order valence-corrected chi connectivity index (χ0v) is 11.0. The van der Waals surface area contributed by atoms with E-state index in [-0.39, 0.29) is 0 Å². The van der Waals surface area contributed by atoms with Crippen LogP contribution in [0, 0.1) is 5.38 Å². The maximum absolute atomic E-state index is 5.60. The van der Waals surface area contributed by atoms with E-state index in [1.54, 1.807) is 39.0 Å². The molecular weight excluding hydrogens is 254 g/mol. The van der Waals surface area contributed by atoms with Crippen LogP contribution in [0.2, 0.25) is 0 Å². The molecule has 0 unspecified atom stereocenters. The molecule has 18 heavy (non-hydrogen) atoms. The molecule has 1 aromatic heterocycles. The molecule has 1 aromatic carbocycles. The number of aromatic nitrogens is 1. The lowest BCUT2D eigenvalue weighted by Crippen LogP contribution is -1.96. The van der Waals surface area contributed by atoms with Gasteiger partial charge in [-0.15, -0.1) is 11.3 Å². The summed E-state index contributed by atoms with van der Waals surface area (Å²) < 4.78 is 21.3. The van der Waals surface area contributed by atoms with Crippen molar-refractivity contribution < 1.29 is 18.9 Å². The van der Waals surface area contributed by atoms with E-state index in [2.05, 4.69) is 10.4 Å². The Morgan fingerprint density at radius 3 is 2.17 bits per heavy atom. The second-order valence-electron chi connectivity index (χ2n) is 3.22. The third-order valence-electron chi connectivity index (χ3n) is 2.24. The Kier molecular flexibility index (Phi) is 3.88. The molecule has 0 saturated carbocycles. The molecule has 95 valence electrons. The highest BCUT2D eigenvalue weighted by Gasteiger charge is 2.16. The minimum Gasteiger partial charge on any atom is -0.496 e.